The number of carbonyl (C=O) groups excluding carboxylic acids is 3. The Morgan fingerprint density at radius 3 is 1.83 bits per heavy atom. The molecule has 0 saturated heterocycles. The van der Waals surface area contributed by atoms with E-state index in [1.807, 2.05) is 0 Å². The van der Waals surface area contributed by atoms with Gasteiger partial charge >= 0.3 is 0 Å². The molecule has 0 unspecified atom stereocenters. The second-order valence-electron chi connectivity index (χ2n) is 4.69. The van der Waals surface area contributed by atoms with Gasteiger partial charge in [-0.15, -0.1) is 0 Å². The van der Waals surface area contributed by atoms with E-state index >= 15 is 0 Å². The van der Waals surface area contributed by atoms with E-state index in [1.54, 1.807) is 0 Å². The molecule has 18 heavy (non-hydrogen) atoms. The normalized spacial score (nSPS) is 26.3. The Bertz CT molecular complexity index is 386. The van der Waals surface area contributed by atoms with Gasteiger partial charge < -0.3 is 0 Å². The van der Waals surface area contributed by atoms with Crippen LogP contribution in [0.2, 0.25) is 0 Å². The molecule has 1 aliphatic rings. The molecule has 6 nitrogen and oxygen atoms in total. The van der Waals surface area contributed by atoms with Crippen LogP contribution in [0.4, 0.5) is 0 Å². The predicted octanol–water partition coefficient (Wildman–Crippen LogP) is 1.17. The molecule has 0 bridgehead atoms. The van der Waals surface area contributed by atoms with Crippen molar-refractivity contribution in [2.75, 3.05) is 19.6 Å². The number of rotatable bonds is 6. The molecular formula is C12H15N3O3. The van der Waals surface area contributed by atoms with Crippen LogP contribution in [0.25, 0.3) is 0 Å². The molecule has 1 fully saturated rings. The molecule has 1 saturated carbocycles. The number of hydrogen-bond donors (Lipinski definition) is 0. The molecule has 0 heterocycles. The first-order valence-corrected chi connectivity index (χ1v) is 5.87. The van der Waals surface area contributed by atoms with Crippen LogP contribution < -0.4 is 0 Å². The maximum absolute atomic E-state index is 10.2. The summed E-state index contributed by atoms with van der Waals surface area (Å²) in [5.41, 5.74) is -0.240. The molecule has 0 aromatic carbocycles. The lowest BCUT2D eigenvalue weighted by molar-refractivity contribution is 0.169. The van der Waals surface area contributed by atoms with Gasteiger partial charge in [0, 0.05) is 5.41 Å². The first-order valence-electron chi connectivity index (χ1n) is 5.87. The summed E-state index contributed by atoms with van der Waals surface area (Å²) in [5, 5.41) is 0. The summed E-state index contributed by atoms with van der Waals surface area (Å²) in [6, 6.07) is 0. The Hall–Kier alpha value is -1.86. The van der Waals surface area contributed by atoms with Gasteiger partial charge in [0.2, 0.25) is 18.2 Å². The van der Waals surface area contributed by atoms with Crippen molar-refractivity contribution in [1.82, 2.24) is 0 Å². The van der Waals surface area contributed by atoms with Gasteiger partial charge in [-0.1, -0.05) is 0 Å². The van der Waals surface area contributed by atoms with Gasteiger partial charge in [0.05, 0.1) is 19.6 Å². The molecule has 0 aromatic heterocycles. The Labute approximate surface area is 105 Å². The average molecular weight is 249 g/mol. The molecule has 0 aliphatic heterocycles. The van der Waals surface area contributed by atoms with Gasteiger partial charge in [-0.05, 0) is 31.6 Å². The first-order chi connectivity index (χ1) is 8.76. The van der Waals surface area contributed by atoms with Crippen molar-refractivity contribution >= 4 is 18.2 Å². The highest BCUT2D eigenvalue weighted by Gasteiger charge is 2.35. The van der Waals surface area contributed by atoms with Gasteiger partial charge in [0.25, 0.3) is 0 Å². The number of hydrogen-bond acceptors (Lipinski definition) is 6. The zero-order valence-corrected chi connectivity index (χ0v) is 10.1. The summed E-state index contributed by atoms with van der Waals surface area (Å²) in [6.45, 7) is 1.17. The monoisotopic (exact) mass is 249 g/mol. The maximum Gasteiger partial charge on any atom is 0.234 e. The third kappa shape index (κ3) is 4.19. The second-order valence-corrected chi connectivity index (χ2v) is 4.69. The van der Waals surface area contributed by atoms with Crippen molar-refractivity contribution in [3.05, 3.63) is 0 Å². The van der Waals surface area contributed by atoms with Gasteiger partial charge in [0.1, 0.15) is 0 Å². The van der Waals surface area contributed by atoms with Crippen molar-refractivity contribution in [3.8, 4) is 0 Å². The molecule has 0 amide bonds. The van der Waals surface area contributed by atoms with E-state index in [1.165, 1.54) is 18.2 Å². The van der Waals surface area contributed by atoms with E-state index in [-0.39, 0.29) is 5.41 Å². The van der Waals surface area contributed by atoms with Gasteiger partial charge in [-0.2, -0.15) is 0 Å². The molecule has 0 atom stereocenters. The minimum atomic E-state index is -0.240. The molecule has 0 N–H and O–H groups in total. The second kappa shape index (κ2) is 7.46. The van der Waals surface area contributed by atoms with Gasteiger partial charge in [-0.25, -0.2) is 29.4 Å². The van der Waals surface area contributed by atoms with E-state index in [4.69, 9.17) is 0 Å². The molecule has 1 aliphatic carbocycles. The quantitative estimate of drug-likeness (QED) is 0.522. The fraction of sp³-hybridized carbons (Fsp3) is 0.750. The first kappa shape index (κ1) is 14.2. The predicted molar refractivity (Wildman–Crippen MR) is 63.4 cm³/mol. The molecule has 0 radical (unpaired) electrons. The Balaban J connectivity index is 2.62. The summed E-state index contributed by atoms with van der Waals surface area (Å²) in [7, 11) is 0. The third-order valence-electron chi connectivity index (χ3n) is 3.54. The highest BCUT2D eigenvalue weighted by Crippen LogP contribution is 2.39. The molecule has 6 heteroatoms. The molecule has 0 spiro atoms. The average Bonchev–Trinajstić information content (AvgIpc) is 2.42. The van der Waals surface area contributed by atoms with Crippen LogP contribution in [0.3, 0.4) is 0 Å². The van der Waals surface area contributed by atoms with E-state index in [2.05, 4.69) is 15.0 Å². The van der Waals surface area contributed by atoms with Crippen LogP contribution >= 0.6 is 0 Å². The van der Waals surface area contributed by atoms with E-state index < -0.39 is 0 Å². The van der Waals surface area contributed by atoms with Crippen LogP contribution in [0.15, 0.2) is 15.0 Å². The van der Waals surface area contributed by atoms with Crippen molar-refractivity contribution in [2.45, 2.75) is 25.7 Å². The maximum atomic E-state index is 10.2. The summed E-state index contributed by atoms with van der Waals surface area (Å²) in [6.07, 6.45) is 7.97. The van der Waals surface area contributed by atoms with E-state index in [0.29, 0.717) is 25.6 Å². The molecule has 1 rings (SSSR count). The van der Waals surface area contributed by atoms with Crippen molar-refractivity contribution in [3.63, 3.8) is 0 Å². The topological polar surface area (TPSA) is 88.3 Å². The lowest BCUT2D eigenvalue weighted by Gasteiger charge is -2.36. The largest absolute Gasteiger partial charge is 0.234 e. The lowest BCUT2D eigenvalue weighted by Crippen LogP contribution is -2.34. The van der Waals surface area contributed by atoms with Crippen molar-refractivity contribution < 1.29 is 14.4 Å². The standard InChI is InChI=1S/C12H15N3O3/c16-8-13-5-11-1-3-12(4-2-11,6-14-9-17)7-15-10-18/h11H,1-7H2. The minimum Gasteiger partial charge on any atom is -0.211 e. The van der Waals surface area contributed by atoms with E-state index in [9.17, 15) is 14.4 Å². The summed E-state index contributed by atoms with van der Waals surface area (Å²) in [5.74, 6) is 0.361. The zero-order chi connectivity index (χ0) is 13.3. The molecular weight excluding hydrogens is 234 g/mol. The minimum absolute atomic E-state index is 0.240. The van der Waals surface area contributed by atoms with Crippen LogP contribution in [0, 0.1) is 11.3 Å². The number of aliphatic imine (C=N–C) groups is 3. The zero-order valence-electron chi connectivity index (χ0n) is 10.1. The fourth-order valence-electron chi connectivity index (χ4n) is 2.41. The van der Waals surface area contributed by atoms with Crippen LogP contribution in [0.5, 0.6) is 0 Å². The smallest absolute Gasteiger partial charge is 0.211 e. The number of isocyanates is 3. The third-order valence-corrected chi connectivity index (χ3v) is 3.54. The number of nitrogens with zero attached hydrogens (tertiary/aromatic N) is 3. The van der Waals surface area contributed by atoms with Crippen molar-refractivity contribution in [2.24, 2.45) is 26.3 Å². The van der Waals surface area contributed by atoms with Crippen LogP contribution in [-0.4, -0.2) is 37.9 Å². The Kier molecular flexibility index (Phi) is 5.89. The summed E-state index contributed by atoms with van der Waals surface area (Å²) >= 11 is 0. The SMILES string of the molecule is O=C=NCC1CCC(CN=C=O)(CN=C=O)CC1. The summed E-state index contributed by atoms with van der Waals surface area (Å²) in [4.78, 5) is 41.3. The van der Waals surface area contributed by atoms with Crippen LogP contribution in [0.1, 0.15) is 25.7 Å². The highest BCUT2D eigenvalue weighted by atomic mass is 16.1. The molecule has 0 aromatic rings. The highest BCUT2D eigenvalue weighted by molar-refractivity contribution is 5.34. The fourth-order valence-corrected chi connectivity index (χ4v) is 2.41. The molecule has 96 valence electrons. The van der Waals surface area contributed by atoms with Gasteiger partial charge in [-0.3, -0.25) is 0 Å². The van der Waals surface area contributed by atoms with E-state index in [0.717, 1.165) is 25.7 Å². The van der Waals surface area contributed by atoms with Gasteiger partial charge in [0.15, 0.2) is 0 Å². The lowest BCUT2D eigenvalue weighted by atomic mass is 9.70. The Morgan fingerprint density at radius 2 is 1.39 bits per heavy atom. The summed E-state index contributed by atoms with van der Waals surface area (Å²) < 4.78 is 0. The Morgan fingerprint density at radius 1 is 0.889 bits per heavy atom. The van der Waals surface area contributed by atoms with Crippen LogP contribution in [-0.2, 0) is 14.4 Å². The van der Waals surface area contributed by atoms with Crippen molar-refractivity contribution in [1.29, 1.82) is 0 Å².